The molecule has 4 N–H and O–H groups in total. The number of primary sulfonamides is 1. The Bertz CT molecular complexity index is 1340. The van der Waals surface area contributed by atoms with E-state index < -0.39 is 10.0 Å². The van der Waals surface area contributed by atoms with Crippen LogP contribution < -0.4 is 15.8 Å². The minimum absolute atomic E-state index is 0.0392. The number of para-hydroxylation sites is 1. The number of pyridine rings is 1. The molecule has 0 aliphatic heterocycles. The van der Waals surface area contributed by atoms with Crippen molar-refractivity contribution in [2.45, 2.75) is 4.90 Å². The highest BCUT2D eigenvalue weighted by Crippen LogP contribution is 2.29. The van der Waals surface area contributed by atoms with Gasteiger partial charge in [0.1, 0.15) is 5.82 Å². The molecule has 2 aromatic carbocycles. The van der Waals surface area contributed by atoms with Gasteiger partial charge in [0, 0.05) is 42.7 Å². The summed E-state index contributed by atoms with van der Waals surface area (Å²) >= 11 is 0. The zero-order valence-electron chi connectivity index (χ0n) is 17.3. The first kappa shape index (κ1) is 21.6. The Labute approximate surface area is 185 Å². The number of hydrogen-bond acceptors (Lipinski definition) is 8. The van der Waals surface area contributed by atoms with E-state index in [1.165, 1.54) is 12.1 Å². The van der Waals surface area contributed by atoms with Crippen molar-refractivity contribution in [3.8, 4) is 11.1 Å². The summed E-state index contributed by atoms with van der Waals surface area (Å²) in [5.41, 5.74) is 3.32. The molecule has 9 nitrogen and oxygen atoms in total. The smallest absolute Gasteiger partial charge is 0.238 e. The van der Waals surface area contributed by atoms with Gasteiger partial charge in [0.2, 0.25) is 16.0 Å². The molecule has 0 fully saturated rings. The van der Waals surface area contributed by atoms with Gasteiger partial charge in [0.05, 0.1) is 17.0 Å². The molecule has 0 radical (unpaired) electrons. The monoisotopic (exact) mass is 450 g/mol. The summed E-state index contributed by atoms with van der Waals surface area (Å²) in [6, 6.07) is 15.9. The molecule has 2 heterocycles. The Morgan fingerprint density at radius 3 is 2.62 bits per heavy atom. The van der Waals surface area contributed by atoms with E-state index in [4.69, 9.17) is 14.9 Å². The lowest BCUT2D eigenvalue weighted by molar-refractivity contribution is 0.210. The van der Waals surface area contributed by atoms with Gasteiger partial charge >= 0.3 is 0 Å². The van der Waals surface area contributed by atoms with Crippen LogP contribution >= 0.6 is 0 Å². The SMILES string of the molecule is COCCNc1cc(-c2cccc3cnc(Nc4ccc(S(N)(=O)=O)cc4)nc23)ccn1. The number of sulfonamides is 1. The van der Waals surface area contributed by atoms with E-state index in [0.29, 0.717) is 24.8 Å². The lowest BCUT2D eigenvalue weighted by Crippen LogP contribution is -2.11. The van der Waals surface area contributed by atoms with Crippen LogP contribution in [0.5, 0.6) is 0 Å². The third-order valence-electron chi connectivity index (χ3n) is 4.73. The number of nitrogens with one attached hydrogen (secondary N) is 2. The number of rotatable bonds is 8. The number of nitrogens with zero attached hydrogens (tertiary/aromatic N) is 3. The van der Waals surface area contributed by atoms with Crippen LogP contribution in [-0.2, 0) is 14.8 Å². The van der Waals surface area contributed by atoms with Crippen molar-refractivity contribution in [3.05, 3.63) is 67.0 Å². The second-order valence-electron chi connectivity index (χ2n) is 6.98. The topological polar surface area (TPSA) is 132 Å². The van der Waals surface area contributed by atoms with Crippen LogP contribution in [0.25, 0.3) is 22.0 Å². The van der Waals surface area contributed by atoms with Crippen molar-refractivity contribution in [3.63, 3.8) is 0 Å². The minimum atomic E-state index is -3.74. The number of benzene rings is 2. The second kappa shape index (κ2) is 9.27. The molecule has 0 spiro atoms. The fourth-order valence-corrected chi connectivity index (χ4v) is 3.70. The van der Waals surface area contributed by atoms with E-state index in [1.807, 2.05) is 30.3 Å². The lowest BCUT2D eigenvalue weighted by Gasteiger charge is -2.11. The molecule has 4 aromatic rings. The van der Waals surface area contributed by atoms with Crippen LogP contribution in [0.15, 0.2) is 71.9 Å². The standard InChI is InChI=1S/C22H22N6O3S/c1-31-12-11-25-20-13-15(9-10-24-20)19-4-2-3-16-14-26-22(28-21(16)19)27-17-5-7-18(8-6-17)32(23,29)30/h2-10,13-14H,11-12H2,1H3,(H,24,25)(H2,23,29,30)(H,26,27,28). The summed E-state index contributed by atoms with van der Waals surface area (Å²) < 4.78 is 27.9. The van der Waals surface area contributed by atoms with Crippen molar-refractivity contribution in [1.29, 1.82) is 0 Å². The highest BCUT2D eigenvalue weighted by atomic mass is 32.2. The first-order valence-electron chi connectivity index (χ1n) is 9.79. The summed E-state index contributed by atoms with van der Waals surface area (Å²) in [4.78, 5) is 13.5. The van der Waals surface area contributed by atoms with E-state index in [2.05, 4.69) is 20.6 Å². The molecule has 0 unspecified atom stereocenters. The van der Waals surface area contributed by atoms with Gasteiger partial charge in [-0.3, -0.25) is 0 Å². The van der Waals surface area contributed by atoms with Gasteiger partial charge in [-0.25, -0.2) is 28.5 Å². The summed E-state index contributed by atoms with van der Waals surface area (Å²) in [5.74, 6) is 1.14. The molecule has 0 atom stereocenters. The molecule has 10 heteroatoms. The van der Waals surface area contributed by atoms with E-state index in [0.717, 1.165) is 27.8 Å². The Hall–Kier alpha value is -3.60. The van der Waals surface area contributed by atoms with Crippen molar-refractivity contribution in [2.75, 3.05) is 30.9 Å². The molecule has 4 rings (SSSR count). The Morgan fingerprint density at radius 1 is 1.06 bits per heavy atom. The molecule has 0 saturated heterocycles. The highest BCUT2D eigenvalue weighted by Gasteiger charge is 2.10. The average Bonchev–Trinajstić information content (AvgIpc) is 2.79. The van der Waals surface area contributed by atoms with Gasteiger partial charge in [0.15, 0.2) is 0 Å². The van der Waals surface area contributed by atoms with Gasteiger partial charge in [-0.1, -0.05) is 18.2 Å². The van der Waals surface area contributed by atoms with Crippen molar-refractivity contribution in [1.82, 2.24) is 15.0 Å². The molecule has 0 saturated carbocycles. The second-order valence-corrected chi connectivity index (χ2v) is 8.54. The zero-order chi connectivity index (χ0) is 22.6. The molecule has 0 amide bonds. The molecular formula is C22H22N6O3S. The number of hydrogen-bond donors (Lipinski definition) is 3. The van der Waals surface area contributed by atoms with E-state index >= 15 is 0 Å². The molecule has 32 heavy (non-hydrogen) atoms. The predicted molar refractivity (Wildman–Crippen MR) is 124 cm³/mol. The van der Waals surface area contributed by atoms with Crippen molar-refractivity contribution < 1.29 is 13.2 Å². The van der Waals surface area contributed by atoms with Crippen LogP contribution in [-0.4, -0.2) is 43.6 Å². The first-order valence-corrected chi connectivity index (χ1v) is 11.3. The normalized spacial score (nSPS) is 11.4. The third-order valence-corrected chi connectivity index (χ3v) is 5.66. The maximum absolute atomic E-state index is 11.4. The average molecular weight is 451 g/mol. The predicted octanol–water partition coefficient (Wildman–Crippen LogP) is 3.14. The van der Waals surface area contributed by atoms with E-state index in [1.54, 1.807) is 31.6 Å². The molecule has 0 bridgehead atoms. The Kier molecular flexibility index (Phi) is 6.26. The summed E-state index contributed by atoms with van der Waals surface area (Å²) in [6.45, 7) is 1.24. The Balaban J connectivity index is 1.65. The third kappa shape index (κ3) is 4.99. The van der Waals surface area contributed by atoms with Crippen LogP contribution in [0.2, 0.25) is 0 Å². The summed E-state index contributed by atoms with van der Waals surface area (Å²) in [7, 11) is -2.09. The quantitative estimate of drug-likeness (QED) is 0.349. The molecule has 0 aliphatic carbocycles. The molecule has 0 aliphatic rings. The number of fused-ring (bicyclic) bond motifs is 1. The van der Waals surface area contributed by atoms with Gasteiger partial charge in [-0.05, 0) is 42.0 Å². The zero-order valence-corrected chi connectivity index (χ0v) is 18.1. The molecule has 164 valence electrons. The van der Waals surface area contributed by atoms with Crippen LogP contribution in [0.4, 0.5) is 17.5 Å². The van der Waals surface area contributed by atoms with Crippen LogP contribution in [0, 0.1) is 0 Å². The molecular weight excluding hydrogens is 428 g/mol. The van der Waals surface area contributed by atoms with Gasteiger partial charge in [-0.2, -0.15) is 0 Å². The fourth-order valence-electron chi connectivity index (χ4n) is 3.18. The fraction of sp³-hybridized carbons (Fsp3) is 0.136. The number of anilines is 3. The highest BCUT2D eigenvalue weighted by molar-refractivity contribution is 7.89. The van der Waals surface area contributed by atoms with Crippen molar-refractivity contribution in [2.24, 2.45) is 5.14 Å². The van der Waals surface area contributed by atoms with E-state index in [9.17, 15) is 8.42 Å². The lowest BCUT2D eigenvalue weighted by atomic mass is 10.0. The van der Waals surface area contributed by atoms with Gasteiger partial charge < -0.3 is 15.4 Å². The number of nitrogens with two attached hydrogens (primary N) is 1. The maximum atomic E-state index is 11.4. The first-order chi connectivity index (χ1) is 15.4. The number of ether oxygens (including phenoxy) is 1. The van der Waals surface area contributed by atoms with E-state index in [-0.39, 0.29) is 4.90 Å². The van der Waals surface area contributed by atoms with Gasteiger partial charge in [0.25, 0.3) is 0 Å². The van der Waals surface area contributed by atoms with Crippen molar-refractivity contribution >= 4 is 38.4 Å². The maximum Gasteiger partial charge on any atom is 0.238 e. The minimum Gasteiger partial charge on any atom is -0.383 e. The number of aromatic nitrogens is 3. The molecule has 2 aromatic heterocycles. The Morgan fingerprint density at radius 2 is 1.88 bits per heavy atom. The van der Waals surface area contributed by atoms with Crippen LogP contribution in [0.3, 0.4) is 0 Å². The summed E-state index contributed by atoms with van der Waals surface area (Å²) in [5, 5.41) is 12.4. The summed E-state index contributed by atoms with van der Waals surface area (Å²) in [6.07, 6.45) is 3.49. The number of methoxy groups -OCH3 is 1. The van der Waals surface area contributed by atoms with Gasteiger partial charge in [-0.15, -0.1) is 0 Å². The largest absolute Gasteiger partial charge is 0.383 e. The van der Waals surface area contributed by atoms with Crippen LogP contribution in [0.1, 0.15) is 0 Å².